The van der Waals surface area contributed by atoms with E-state index in [-0.39, 0.29) is 59.1 Å². The van der Waals surface area contributed by atoms with E-state index in [0.29, 0.717) is 11.2 Å². The summed E-state index contributed by atoms with van der Waals surface area (Å²) in [5.41, 5.74) is 0.593. The zero-order valence-electron chi connectivity index (χ0n) is 19.0. The van der Waals surface area contributed by atoms with Gasteiger partial charge in [0.1, 0.15) is 24.7 Å². The first-order valence-corrected chi connectivity index (χ1v) is 11.1. The van der Waals surface area contributed by atoms with Crippen molar-refractivity contribution in [3.63, 3.8) is 0 Å². The zero-order valence-corrected chi connectivity index (χ0v) is 19.7. The van der Waals surface area contributed by atoms with Crippen LogP contribution in [0.1, 0.15) is 18.2 Å². The lowest BCUT2D eigenvalue weighted by Gasteiger charge is -2.15. The molecular weight excluding hydrogens is 498 g/mol. The number of nitrogens with zero attached hydrogens (tertiary/aromatic N) is 2. The van der Waals surface area contributed by atoms with Gasteiger partial charge in [0.05, 0.1) is 40.6 Å². The van der Waals surface area contributed by atoms with Gasteiger partial charge in [-0.15, -0.1) is 0 Å². The lowest BCUT2D eigenvalue weighted by Crippen LogP contribution is -2.25. The highest BCUT2D eigenvalue weighted by Crippen LogP contribution is 2.29. The van der Waals surface area contributed by atoms with E-state index in [1.54, 1.807) is 12.1 Å². The van der Waals surface area contributed by atoms with Crippen LogP contribution in [0, 0.1) is 11.6 Å². The Hall–Kier alpha value is -3.96. The van der Waals surface area contributed by atoms with Gasteiger partial charge in [-0.3, -0.25) is 4.79 Å². The molecule has 36 heavy (non-hydrogen) atoms. The Morgan fingerprint density at radius 2 is 2.00 bits per heavy atom. The number of halogens is 3. The van der Waals surface area contributed by atoms with E-state index in [1.807, 2.05) is 0 Å². The van der Waals surface area contributed by atoms with E-state index in [0.717, 1.165) is 6.07 Å². The third kappa shape index (κ3) is 5.31. The van der Waals surface area contributed by atoms with Crippen LogP contribution in [0.15, 0.2) is 47.3 Å². The standard InChI is InChI=1S/C24H21ClF2N4O5/c1-13(33)28-8-9-35-21-7-5-18(26)22(27)16(21)12-36-15-3-4-17(25)20(10-15)31-23-19(30-24(31)34)6-2-14(11-32)29-23/h2-7,10,32H,8-9,11-12H2,1H3,(H,28,33)(H,30,34). The Labute approximate surface area is 208 Å². The Morgan fingerprint density at radius 3 is 2.75 bits per heavy atom. The number of pyridine rings is 1. The summed E-state index contributed by atoms with van der Waals surface area (Å²) in [5.74, 6) is -2.18. The number of aliphatic hydroxyl groups excluding tert-OH is 1. The fourth-order valence-electron chi connectivity index (χ4n) is 3.48. The van der Waals surface area contributed by atoms with Crippen LogP contribution in [0.5, 0.6) is 11.5 Å². The molecule has 0 aliphatic carbocycles. The van der Waals surface area contributed by atoms with Crippen LogP contribution in [0.25, 0.3) is 16.9 Å². The predicted molar refractivity (Wildman–Crippen MR) is 127 cm³/mol. The summed E-state index contributed by atoms with van der Waals surface area (Å²) in [5, 5.41) is 12.2. The van der Waals surface area contributed by atoms with E-state index in [9.17, 15) is 23.5 Å². The van der Waals surface area contributed by atoms with E-state index in [4.69, 9.17) is 21.1 Å². The normalized spacial score (nSPS) is 11.0. The van der Waals surface area contributed by atoms with Crippen molar-refractivity contribution in [2.24, 2.45) is 0 Å². The van der Waals surface area contributed by atoms with Crippen molar-refractivity contribution in [1.82, 2.24) is 19.9 Å². The molecule has 12 heteroatoms. The topological polar surface area (TPSA) is 118 Å². The molecule has 0 bridgehead atoms. The number of carbonyl (C=O) groups excluding carboxylic acids is 1. The number of amides is 1. The maximum absolute atomic E-state index is 14.6. The Balaban J connectivity index is 1.61. The molecular formula is C24H21ClF2N4O5. The molecule has 4 rings (SSSR count). The first-order valence-electron chi connectivity index (χ1n) is 10.8. The number of aromatic amines is 1. The van der Waals surface area contributed by atoms with Gasteiger partial charge >= 0.3 is 5.69 Å². The molecule has 4 aromatic rings. The Bertz CT molecular complexity index is 1490. The van der Waals surface area contributed by atoms with Crippen molar-refractivity contribution in [3.05, 3.63) is 80.9 Å². The van der Waals surface area contributed by atoms with Crippen molar-refractivity contribution in [1.29, 1.82) is 0 Å². The average molecular weight is 519 g/mol. The quantitative estimate of drug-likeness (QED) is 0.293. The number of aromatic nitrogens is 3. The highest BCUT2D eigenvalue weighted by molar-refractivity contribution is 6.32. The first-order chi connectivity index (χ1) is 17.3. The van der Waals surface area contributed by atoms with Crippen LogP contribution >= 0.6 is 11.6 Å². The van der Waals surface area contributed by atoms with Crippen LogP contribution < -0.4 is 20.5 Å². The smallest absolute Gasteiger partial charge is 0.332 e. The number of fused-ring (bicyclic) bond motifs is 1. The molecule has 2 aromatic heterocycles. The molecule has 0 spiro atoms. The fraction of sp³-hybridized carbons (Fsp3) is 0.208. The number of ether oxygens (including phenoxy) is 2. The summed E-state index contributed by atoms with van der Waals surface area (Å²) in [6.07, 6.45) is 0. The summed E-state index contributed by atoms with van der Waals surface area (Å²) in [7, 11) is 0. The SMILES string of the molecule is CC(=O)NCCOc1ccc(F)c(F)c1COc1ccc(Cl)c(-n2c(=O)[nH]c3ccc(CO)nc32)c1. The third-order valence-electron chi connectivity index (χ3n) is 5.18. The van der Waals surface area contributed by atoms with Crippen molar-refractivity contribution < 1.29 is 28.2 Å². The fourth-order valence-corrected chi connectivity index (χ4v) is 3.68. The molecule has 0 atom stereocenters. The molecule has 9 nitrogen and oxygen atoms in total. The summed E-state index contributed by atoms with van der Waals surface area (Å²) < 4.78 is 40.9. The summed E-state index contributed by atoms with van der Waals surface area (Å²) in [4.78, 5) is 30.6. The van der Waals surface area contributed by atoms with Gasteiger partial charge < -0.3 is 24.9 Å². The molecule has 0 fully saturated rings. The lowest BCUT2D eigenvalue weighted by molar-refractivity contribution is -0.119. The van der Waals surface area contributed by atoms with Gasteiger partial charge in [0.15, 0.2) is 17.3 Å². The van der Waals surface area contributed by atoms with Crippen molar-refractivity contribution in [2.75, 3.05) is 13.2 Å². The molecule has 0 saturated heterocycles. The lowest BCUT2D eigenvalue weighted by atomic mass is 10.2. The van der Waals surface area contributed by atoms with E-state index < -0.39 is 23.9 Å². The number of aliphatic hydroxyl groups is 1. The second-order valence-corrected chi connectivity index (χ2v) is 8.08. The molecule has 0 aliphatic rings. The van der Waals surface area contributed by atoms with Crippen molar-refractivity contribution >= 4 is 28.7 Å². The number of hydrogen-bond acceptors (Lipinski definition) is 6. The highest BCUT2D eigenvalue weighted by Gasteiger charge is 2.18. The second-order valence-electron chi connectivity index (χ2n) is 7.67. The summed E-state index contributed by atoms with van der Waals surface area (Å²) in [6.45, 7) is 0.856. The van der Waals surface area contributed by atoms with E-state index in [2.05, 4.69) is 15.3 Å². The summed E-state index contributed by atoms with van der Waals surface area (Å²) >= 11 is 6.35. The predicted octanol–water partition coefficient (Wildman–Crippen LogP) is 3.23. The minimum atomic E-state index is -1.13. The number of imidazole rings is 1. The molecule has 0 radical (unpaired) electrons. The second kappa shape index (κ2) is 10.8. The number of rotatable bonds is 9. The van der Waals surface area contributed by atoms with Crippen LogP contribution in [0.2, 0.25) is 5.02 Å². The number of benzene rings is 2. The van der Waals surface area contributed by atoms with Crippen LogP contribution in [-0.4, -0.2) is 38.7 Å². The minimum Gasteiger partial charge on any atom is -0.491 e. The van der Waals surface area contributed by atoms with E-state index >= 15 is 0 Å². The molecule has 0 unspecified atom stereocenters. The average Bonchev–Trinajstić information content (AvgIpc) is 3.18. The number of carbonyl (C=O) groups is 1. The van der Waals surface area contributed by atoms with Gasteiger partial charge in [-0.2, -0.15) is 0 Å². The zero-order chi connectivity index (χ0) is 25.8. The van der Waals surface area contributed by atoms with Gasteiger partial charge in [-0.25, -0.2) is 23.1 Å². The van der Waals surface area contributed by atoms with Crippen molar-refractivity contribution in [3.8, 4) is 17.2 Å². The Kier molecular flexibility index (Phi) is 7.51. The Morgan fingerprint density at radius 1 is 1.19 bits per heavy atom. The summed E-state index contributed by atoms with van der Waals surface area (Å²) in [6, 6.07) is 9.84. The van der Waals surface area contributed by atoms with Gasteiger partial charge in [-0.1, -0.05) is 11.6 Å². The van der Waals surface area contributed by atoms with Crippen LogP contribution in [-0.2, 0) is 18.0 Å². The monoisotopic (exact) mass is 518 g/mol. The minimum absolute atomic E-state index is 0.0368. The van der Waals surface area contributed by atoms with Crippen LogP contribution in [0.4, 0.5) is 8.78 Å². The van der Waals surface area contributed by atoms with Crippen molar-refractivity contribution in [2.45, 2.75) is 20.1 Å². The molecule has 3 N–H and O–H groups in total. The first kappa shape index (κ1) is 25.1. The molecule has 0 aliphatic heterocycles. The highest BCUT2D eigenvalue weighted by atomic mass is 35.5. The van der Waals surface area contributed by atoms with Gasteiger partial charge in [0, 0.05) is 13.0 Å². The number of H-pyrrole nitrogens is 1. The van der Waals surface area contributed by atoms with Gasteiger partial charge in [-0.05, 0) is 36.4 Å². The van der Waals surface area contributed by atoms with Gasteiger partial charge in [0.25, 0.3) is 0 Å². The molecule has 188 valence electrons. The maximum atomic E-state index is 14.6. The molecule has 0 saturated carbocycles. The van der Waals surface area contributed by atoms with Crippen LogP contribution in [0.3, 0.4) is 0 Å². The maximum Gasteiger partial charge on any atom is 0.332 e. The number of hydrogen-bond donors (Lipinski definition) is 3. The van der Waals surface area contributed by atoms with Gasteiger partial charge in [0.2, 0.25) is 5.91 Å². The molecule has 2 heterocycles. The van der Waals surface area contributed by atoms with E-state index in [1.165, 1.54) is 35.8 Å². The number of nitrogens with one attached hydrogen (secondary N) is 2. The molecule has 1 amide bonds. The largest absolute Gasteiger partial charge is 0.491 e. The third-order valence-corrected chi connectivity index (χ3v) is 5.50. The molecule has 2 aromatic carbocycles.